The Hall–Kier alpha value is -12.1. The van der Waals surface area contributed by atoms with Crippen molar-refractivity contribution in [3.63, 3.8) is 0 Å². The molecule has 0 spiro atoms. The molecule has 0 aliphatic heterocycles. The van der Waals surface area contributed by atoms with Crippen molar-refractivity contribution in [2.75, 3.05) is 0 Å². The first-order valence-electron chi connectivity index (χ1n) is 36.6. The Morgan fingerprint density at radius 3 is 0.743 bits per heavy atom. The van der Waals surface area contributed by atoms with Gasteiger partial charge in [0.15, 0.2) is 0 Å². The lowest BCUT2D eigenvalue weighted by molar-refractivity contribution is -0.642. The van der Waals surface area contributed by atoms with E-state index in [0.717, 1.165) is 19.5 Å². The van der Waals surface area contributed by atoms with E-state index >= 15 is 0 Å². The van der Waals surface area contributed by atoms with Gasteiger partial charge in [-0.05, 0) is 66.1 Å². The molecule has 0 saturated heterocycles. The minimum Gasteiger partial charge on any atom is -0.340 e. The molecule has 4 heterocycles. The Kier molecular flexibility index (Phi) is 5.00. The molecule has 4 nitrogen and oxygen atoms in total. The van der Waals surface area contributed by atoms with Crippen LogP contribution in [0.1, 0.15) is 27.6 Å². The monoisotopic (exact) mass is 1290 g/mol. The van der Waals surface area contributed by atoms with E-state index in [1.165, 1.54) is 63.4 Å². The van der Waals surface area contributed by atoms with Crippen LogP contribution < -0.4 is 9.13 Å². The molecule has 440 valence electrons. The minimum atomic E-state index is 0.899. The zero-order valence-electron chi connectivity index (χ0n) is 53.1. The Morgan fingerprint density at radius 1 is 0.257 bits per heavy atom. The molecular weight excluding hydrogens is 1260 g/mol. The zero-order chi connectivity index (χ0) is 62.1. The number of hydrogen-bond donors (Lipinski definition) is 0. The molecule has 0 atom stereocenters. The number of thiazole rings is 2. The summed E-state index contributed by atoms with van der Waals surface area (Å²) in [6.45, 7) is 1.82. The molecule has 0 saturated carbocycles. The lowest BCUT2D eigenvalue weighted by Gasteiger charge is -2.25. The third-order valence-electron chi connectivity index (χ3n) is 30.8. The highest BCUT2D eigenvalue weighted by atomic mass is 32.1. The van der Waals surface area contributed by atoms with Crippen LogP contribution in [0.25, 0.3) is 390 Å². The third-order valence-corrected chi connectivity index (χ3v) is 33.2. The molecule has 0 fully saturated rings. The highest BCUT2D eigenvalue weighted by Crippen LogP contribution is 2.80. The molecule has 0 N–H and O–H groups in total. The van der Waals surface area contributed by atoms with E-state index in [4.69, 9.17) is 0 Å². The van der Waals surface area contributed by atoms with Gasteiger partial charge in [0.05, 0.1) is 11.0 Å². The normalized spacial score (nSPS) is 15.9. The predicted molar refractivity (Wildman–Crippen MR) is 435 cm³/mol. The topological polar surface area (TPSA) is 17.6 Å². The summed E-state index contributed by atoms with van der Waals surface area (Å²) in [7, 11) is 4.41. The molecule has 0 aliphatic rings. The summed E-state index contributed by atoms with van der Waals surface area (Å²) in [6.07, 6.45) is 10.3. The molecule has 0 radical (unpaired) electrons. The summed E-state index contributed by atoms with van der Waals surface area (Å²) in [4.78, 5) is 0. The van der Waals surface area contributed by atoms with Crippen molar-refractivity contribution in [2.24, 2.45) is 14.1 Å². The van der Waals surface area contributed by atoms with Crippen molar-refractivity contribution in [3.05, 3.63) is 106 Å². The molecule has 38 aromatic rings. The summed E-state index contributed by atoms with van der Waals surface area (Å²) < 4.78 is 13.1. The van der Waals surface area contributed by atoms with E-state index in [1.807, 2.05) is 22.7 Å². The molecule has 38 rings (SSSR count). The van der Waals surface area contributed by atoms with Crippen molar-refractivity contribution in [1.82, 2.24) is 9.13 Å². The van der Waals surface area contributed by atoms with Gasteiger partial charge in [-0.3, -0.25) is 0 Å². The van der Waals surface area contributed by atoms with Gasteiger partial charge < -0.3 is 9.13 Å². The maximum absolute atomic E-state index is 3.09. The predicted octanol–water partition coefficient (Wildman–Crippen LogP) is 25.7. The van der Waals surface area contributed by atoms with Crippen LogP contribution in [-0.2, 0) is 27.2 Å². The Balaban J connectivity index is 0.692. The average molecular weight is 1290 g/mol. The van der Waals surface area contributed by atoms with Crippen molar-refractivity contribution in [2.45, 2.75) is 19.5 Å². The number of fused-ring (bicyclic) bond motifs is 10. The van der Waals surface area contributed by atoms with Crippen molar-refractivity contribution in [3.8, 4) is 0 Å². The average Bonchev–Trinajstić information content (AvgIpc) is 1.39. The Morgan fingerprint density at radius 2 is 0.485 bits per heavy atom. The van der Waals surface area contributed by atoms with Crippen molar-refractivity contribution in [1.29, 1.82) is 0 Å². The molecule has 0 unspecified atom stereocenters. The van der Waals surface area contributed by atoms with E-state index in [1.54, 1.807) is 323 Å². The van der Waals surface area contributed by atoms with E-state index < -0.39 is 0 Å². The van der Waals surface area contributed by atoms with Crippen LogP contribution >= 0.6 is 22.7 Å². The first-order valence-corrected chi connectivity index (χ1v) is 38.2. The number of hydrogen-bond acceptors (Lipinski definition) is 2. The van der Waals surface area contributed by atoms with Gasteiger partial charge in [0.1, 0.15) is 23.5 Å². The Labute approximate surface area is 566 Å². The van der Waals surface area contributed by atoms with Crippen LogP contribution in [-0.4, -0.2) is 9.13 Å². The summed E-state index contributed by atoms with van der Waals surface area (Å²) in [5.74, 6) is 0. The van der Waals surface area contributed by atoms with Gasteiger partial charge in [0.2, 0.25) is 11.0 Å². The molecule has 4 aromatic heterocycles. The van der Waals surface area contributed by atoms with Gasteiger partial charge >= 0.3 is 0 Å². The first-order chi connectivity index (χ1) is 50.1. The smallest absolute Gasteiger partial charge is 0.262 e. The van der Waals surface area contributed by atoms with E-state index in [-0.39, 0.29) is 0 Å². The number of aryl methyl sites for hydroxylation is 4. The highest BCUT2D eigenvalue weighted by molar-refractivity contribution is 7.19. The van der Waals surface area contributed by atoms with Crippen molar-refractivity contribution < 1.29 is 9.13 Å². The van der Waals surface area contributed by atoms with E-state index in [9.17, 15) is 0 Å². The van der Waals surface area contributed by atoms with Crippen LogP contribution in [0, 0.1) is 0 Å². The fourth-order valence-corrected chi connectivity index (χ4v) is 30.8. The van der Waals surface area contributed by atoms with Gasteiger partial charge in [-0.2, -0.15) is 9.13 Å². The van der Waals surface area contributed by atoms with Gasteiger partial charge in [0.25, 0.3) is 10.0 Å². The molecular formula is C95H30N4S2+2. The second-order valence-electron chi connectivity index (χ2n) is 33.3. The van der Waals surface area contributed by atoms with Gasteiger partial charge in [-0.15, -0.1) is 0 Å². The van der Waals surface area contributed by atoms with Crippen LogP contribution in [0.5, 0.6) is 0 Å². The summed E-state index contributed by atoms with van der Waals surface area (Å²) in [5, 5.41) is 99.8. The largest absolute Gasteiger partial charge is 0.340 e. The SMILES string of the molecule is C[n+]1c(/C=C/c2ccc3c(c2)c2cc(/C=C/c4sc5ccccc5[n+]4C)ccc2n3CCCn2c3c4c5c6c7c8c9c%10c%11c%12c%13c%10c%10c8c8c%14c%10c%10c%13c%13c%15c%12c%12c%16c%11c%11c9c7c7c9c%11c%16c%11c%16c%12c%15c%12c%15c%13c%10c%10c%14c(c4c86)c4c%10c%15c6c%12c%16c8c%11c9c(c75)c3c8c6c42)sc2ccccc21. The second kappa shape index (κ2) is 11.6. The molecule has 0 aliphatic carbocycles. The highest BCUT2D eigenvalue weighted by Gasteiger charge is 2.51. The number of aromatic nitrogens is 4. The number of pyridine rings is 1. The maximum Gasteiger partial charge on any atom is 0.262 e. The van der Waals surface area contributed by atoms with E-state index in [2.05, 4.69) is 142 Å². The Bertz CT molecular complexity index is 9650. The number of benzene rings is 23. The van der Waals surface area contributed by atoms with Gasteiger partial charge in [0, 0.05) is 372 Å². The molecule has 0 amide bonds. The van der Waals surface area contributed by atoms with Crippen molar-refractivity contribution >= 4 is 413 Å². The lowest BCUT2D eigenvalue weighted by atomic mass is 9.84. The standard InChI is InChI=1S/C95H30N4S2/c1-96-30-8-3-5-10-32(30)100-34(96)18-14-24-12-16-28-26(22-24)27-23-25(15-19-35-97(2)31-9-4-6-11-33(31)101-35)13-17-29(27)98(28)20-7-21-99-94-90-83-76-64-56-47-38-36-37-39-42(38)51-58(56)66-67-59(51)57-48(39)50-46-41(37)44-43-40(36)45-49(47)62(64)70-68-54(45)52(43)60-61-53(44)55(46)69-71-63(50)65(57)77-79(67)88(87(90)78(66)76)91-84(77)82(71)86-75(69)73(61)80-72(60)74(68)85(81(70)83)92(94)89(80)93(86)95(91)99/h3-6,8-19,22-23H,7,20-21H2,1-2H3/q+2. The van der Waals surface area contributed by atoms with E-state index in [0.29, 0.717) is 0 Å². The number of para-hydroxylation sites is 2. The van der Waals surface area contributed by atoms with Gasteiger partial charge in [-0.25, -0.2) is 0 Å². The fraction of sp³-hybridized carbons (Fsp3) is 0.0526. The first kappa shape index (κ1) is 43.4. The zero-order valence-corrected chi connectivity index (χ0v) is 54.8. The number of rotatable bonds is 8. The fourth-order valence-electron chi connectivity index (χ4n) is 28.7. The van der Waals surface area contributed by atoms with Crippen LogP contribution in [0.4, 0.5) is 0 Å². The lowest BCUT2D eigenvalue weighted by Crippen LogP contribution is -2.28. The quantitative estimate of drug-likeness (QED) is 0.0820. The third kappa shape index (κ3) is 3.18. The number of nitrogens with zero attached hydrogens (tertiary/aromatic N) is 4. The summed E-state index contributed by atoms with van der Waals surface area (Å²) in [6, 6.07) is 32.2. The van der Waals surface area contributed by atoms with Crippen LogP contribution in [0.2, 0.25) is 0 Å². The maximum atomic E-state index is 3.09. The molecule has 6 heteroatoms. The van der Waals surface area contributed by atoms with Gasteiger partial charge in [-0.1, -0.05) is 59.1 Å². The molecule has 101 heavy (non-hydrogen) atoms. The summed E-state index contributed by atoms with van der Waals surface area (Å²) >= 11 is 3.73. The summed E-state index contributed by atoms with van der Waals surface area (Å²) in [5.41, 5.74) is 10.7. The molecule has 0 bridgehead atoms. The van der Waals surface area contributed by atoms with Crippen LogP contribution in [0.15, 0.2) is 84.9 Å². The van der Waals surface area contributed by atoms with Crippen LogP contribution in [0.3, 0.4) is 0 Å². The minimum absolute atomic E-state index is 0.899. The second-order valence-corrected chi connectivity index (χ2v) is 35.4. The molecule has 34 aromatic carbocycles.